The summed E-state index contributed by atoms with van der Waals surface area (Å²) in [4.78, 5) is 15.9. The molecule has 94 valence electrons. The van der Waals surface area contributed by atoms with Gasteiger partial charge in [0.15, 0.2) is 0 Å². The van der Waals surface area contributed by atoms with Crippen molar-refractivity contribution in [3.05, 3.63) is 58.3 Å². The van der Waals surface area contributed by atoms with Crippen molar-refractivity contribution in [3.8, 4) is 5.75 Å². The summed E-state index contributed by atoms with van der Waals surface area (Å²) >= 11 is 0. The third-order valence-electron chi connectivity index (χ3n) is 2.85. The summed E-state index contributed by atoms with van der Waals surface area (Å²) in [7, 11) is 1.47. The summed E-state index contributed by atoms with van der Waals surface area (Å²) in [6, 6.07) is 8.30. The van der Waals surface area contributed by atoms with E-state index in [2.05, 4.69) is 36.2 Å². The van der Waals surface area contributed by atoms with Crippen LogP contribution in [0, 0.1) is 6.92 Å². The van der Waals surface area contributed by atoms with Crippen LogP contribution in [0.25, 0.3) is 0 Å². The maximum atomic E-state index is 11.9. The van der Waals surface area contributed by atoms with Gasteiger partial charge in [0.25, 0.3) is 5.56 Å². The fourth-order valence-electron chi connectivity index (χ4n) is 1.73. The molecule has 0 atom stereocenters. The van der Waals surface area contributed by atoms with Gasteiger partial charge >= 0.3 is 0 Å². The highest BCUT2D eigenvalue weighted by atomic mass is 16.5. The number of rotatable bonds is 4. The van der Waals surface area contributed by atoms with Crippen molar-refractivity contribution in [2.24, 2.45) is 0 Å². The van der Waals surface area contributed by atoms with E-state index in [0.717, 1.165) is 6.42 Å². The normalized spacial score (nSPS) is 10.3. The number of ether oxygens (including phenoxy) is 1. The largest absolute Gasteiger partial charge is 0.490 e. The van der Waals surface area contributed by atoms with E-state index in [1.54, 1.807) is 10.9 Å². The average Bonchev–Trinajstić information content (AvgIpc) is 2.39. The monoisotopic (exact) mass is 244 g/mol. The van der Waals surface area contributed by atoms with Gasteiger partial charge in [-0.15, -0.1) is 0 Å². The van der Waals surface area contributed by atoms with Crippen molar-refractivity contribution in [2.75, 3.05) is 7.11 Å². The Labute approximate surface area is 106 Å². The summed E-state index contributed by atoms with van der Waals surface area (Å²) in [5.74, 6) is 0.279. The Morgan fingerprint density at radius 2 is 2.00 bits per heavy atom. The Balaban J connectivity index is 2.11. The predicted octanol–water partition coefficient (Wildman–Crippen LogP) is 1.80. The standard InChI is InChI=1S/C14H16N2O2/c1-11-3-5-12(6-4-11)7-8-16-10-15-9-13(18-2)14(16)17/h3-6,9-10H,7-8H2,1-2H3. The molecule has 4 heteroatoms. The molecule has 1 aromatic carbocycles. The molecule has 2 aromatic rings. The molecule has 0 aliphatic rings. The number of hydrogen-bond donors (Lipinski definition) is 0. The van der Waals surface area contributed by atoms with Crippen LogP contribution in [0.15, 0.2) is 41.6 Å². The van der Waals surface area contributed by atoms with Gasteiger partial charge in [-0.1, -0.05) is 29.8 Å². The number of methoxy groups -OCH3 is 1. The first kappa shape index (κ1) is 12.4. The molecule has 0 aliphatic carbocycles. The molecule has 0 unspecified atom stereocenters. The Hall–Kier alpha value is -2.10. The molecule has 0 saturated heterocycles. The van der Waals surface area contributed by atoms with Crippen LogP contribution in [0.3, 0.4) is 0 Å². The number of hydrogen-bond acceptors (Lipinski definition) is 3. The summed E-state index contributed by atoms with van der Waals surface area (Å²) in [6.07, 6.45) is 3.78. The summed E-state index contributed by atoms with van der Waals surface area (Å²) in [6.45, 7) is 2.66. The first-order chi connectivity index (χ1) is 8.70. The minimum absolute atomic E-state index is 0.139. The van der Waals surface area contributed by atoms with Crippen molar-refractivity contribution >= 4 is 0 Å². The van der Waals surface area contributed by atoms with Gasteiger partial charge in [0.05, 0.1) is 19.6 Å². The molecular formula is C14H16N2O2. The van der Waals surface area contributed by atoms with E-state index in [-0.39, 0.29) is 11.3 Å². The number of aromatic nitrogens is 2. The lowest BCUT2D eigenvalue weighted by molar-refractivity contribution is 0.399. The van der Waals surface area contributed by atoms with Gasteiger partial charge in [-0.25, -0.2) is 4.98 Å². The molecule has 1 aromatic heterocycles. The highest BCUT2D eigenvalue weighted by Crippen LogP contribution is 2.05. The van der Waals surface area contributed by atoms with E-state index in [9.17, 15) is 4.79 Å². The molecule has 0 amide bonds. The van der Waals surface area contributed by atoms with Crippen LogP contribution >= 0.6 is 0 Å². The summed E-state index contributed by atoms with van der Waals surface area (Å²) < 4.78 is 6.53. The molecule has 2 rings (SSSR count). The quantitative estimate of drug-likeness (QED) is 0.823. The highest BCUT2D eigenvalue weighted by Gasteiger charge is 2.03. The molecule has 0 bridgehead atoms. The topological polar surface area (TPSA) is 44.1 Å². The fraction of sp³-hybridized carbons (Fsp3) is 0.286. The smallest absolute Gasteiger partial charge is 0.295 e. The van der Waals surface area contributed by atoms with E-state index in [0.29, 0.717) is 6.54 Å². The van der Waals surface area contributed by atoms with Gasteiger partial charge < -0.3 is 4.74 Å². The molecule has 18 heavy (non-hydrogen) atoms. The number of benzene rings is 1. The number of nitrogens with zero attached hydrogens (tertiary/aromatic N) is 2. The first-order valence-electron chi connectivity index (χ1n) is 5.84. The maximum absolute atomic E-state index is 11.9. The van der Waals surface area contributed by atoms with Gasteiger partial charge in [0, 0.05) is 6.54 Å². The lowest BCUT2D eigenvalue weighted by atomic mass is 10.1. The molecular weight excluding hydrogens is 228 g/mol. The van der Waals surface area contributed by atoms with Gasteiger partial charge in [-0.3, -0.25) is 9.36 Å². The second-order valence-corrected chi connectivity index (χ2v) is 4.20. The van der Waals surface area contributed by atoms with Gasteiger partial charge in [0.2, 0.25) is 5.75 Å². The van der Waals surface area contributed by atoms with Crippen LogP contribution in [0.2, 0.25) is 0 Å². The first-order valence-corrected chi connectivity index (χ1v) is 5.84. The zero-order valence-electron chi connectivity index (χ0n) is 10.6. The molecule has 0 N–H and O–H groups in total. The fourth-order valence-corrected chi connectivity index (χ4v) is 1.73. The van der Waals surface area contributed by atoms with Crippen LogP contribution in [0.4, 0.5) is 0 Å². The third kappa shape index (κ3) is 2.77. The number of aryl methyl sites for hydroxylation is 3. The molecule has 0 aliphatic heterocycles. The van der Waals surface area contributed by atoms with Gasteiger partial charge in [-0.2, -0.15) is 0 Å². The minimum atomic E-state index is -0.139. The van der Waals surface area contributed by atoms with Crippen molar-refractivity contribution in [3.63, 3.8) is 0 Å². The Morgan fingerprint density at radius 3 is 2.67 bits per heavy atom. The van der Waals surface area contributed by atoms with E-state index >= 15 is 0 Å². The summed E-state index contributed by atoms with van der Waals surface area (Å²) in [5, 5.41) is 0. The Kier molecular flexibility index (Phi) is 3.77. The predicted molar refractivity (Wildman–Crippen MR) is 69.9 cm³/mol. The van der Waals surface area contributed by atoms with Crippen LogP contribution < -0.4 is 10.3 Å². The molecule has 0 radical (unpaired) electrons. The van der Waals surface area contributed by atoms with E-state index in [1.165, 1.54) is 24.4 Å². The minimum Gasteiger partial charge on any atom is -0.490 e. The van der Waals surface area contributed by atoms with Crippen LogP contribution in [-0.4, -0.2) is 16.7 Å². The second-order valence-electron chi connectivity index (χ2n) is 4.20. The van der Waals surface area contributed by atoms with Gasteiger partial charge in [0.1, 0.15) is 0 Å². The molecule has 4 nitrogen and oxygen atoms in total. The summed E-state index contributed by atoms with van der Waals surface area (Å²) in [5.41, 5.74) is 2.30. The second kappa shape index (κ2) is 5.49. The van der Waals surface area contributed by atoms with Crippen LogP contribution in [0.1, 0.15) is 11.1 Å². The van der Waals surface area contributed by atoms with Crippen molar-refractivity contribution in [1.29, 1.82) is 0 Å². The highest BCUT2D eigenvalue weighted by molar-refractivity contribution is 5.21. The lowest BCUT2D eigenvalue weighted by Crippen LogP contribution is -2.22. The third-order valence-corrected chi connectivity index (χ3v) is 2.85. The van der Waals surface area contributed by atoms with Gasteiger partial charge in [-0.05, 0) is 18.9 Å². The Morgan fingerprint density at radius 1 is 1.28 bits per heavy atom. The maximum Gasteiger partial charge on any atom is 0.295 e. The van der Waals surface area contributed by atoms with Crippen LogP contribution in [0.5, 0.6) is 5.75 Å². The molecule has 1 heterocycles. The van der Waals surface area contributed by atoms with Crippen LogP contribution in [-0.2, 0) is 13.0 Å². The molecule has 0 saturated carbocycles. The van der Waals surface area contributed by atoms with E-state index < -0.39 is 0 Å². The van der Waals surface area contributed by atoms with E-state index in [1.807, 2.05) is 0 Å². The van der Waals surface area contributed by atoms with Crippen molar-refractivity contribution in [1.82, 2.24) is 9.55 Å². The van der Waals surface area contributed by atoms with E-state index in [4.69, 9.17) is 4.74 Å². The SMILES string of the molecule is COc1cncn(CCc2ccc(C)cc2)c1=O. The molecule has 0 spiro atoms. The van der Waals surface area contributed by atoms with Crippen molar-refractivity contribution in [2.45, 2.75) is 19.9 Å². The van der Waals surface area contributed by atoms with Crippen molar-refractivity contribution < 1.29 is 4.74 Å². The zero-order valence-corrected chi connectivity index (χ0v) is 10.6. The zero-order chi connectivity index (χ0) is 13.0. The lowest BCUT2D eigenvalue weighted by Gasteiger charge is -2.07. The molecule has 0 fully saturated rings. The average molecular weight is 244 g/mol. The Bertz CT molecular complexity index is 573.